The Balaban J connectivity index is 3.19. The first-order chi connectivity index (χ1) is 9.43. The number of hydrogen-bond acceptors (Lipinski definition) is 5. The topological polar surface area (TPSA) is 91.3 Å². The lowest BCUT2D eigenvalue weighted by Crippen LogP contribution is -2.41. The zero-order valence-electron chi connectivity index (χ0n) is 12.6. The average molecular weight is 284 g/mol. The second-order valence-corrected chi connectivity index (χ2v) is 4.84. The molecule has 1 unspecified atom stereocenters. The molecular weight excluding hydrogens is 260 g/mol. The van der Waals surface area contributed by atoms with E-state index in [1.54, 1.807) is 7.11 Å². The highest BCUT2D eigenvalue weighted by Gasteiger charge is 2.15. The maximum atomic E-state index is 12.1. The minimum Gasteiger partial charge on any atom is -0.383 e. The van der Waals surface area contributed by atoms with Crippen molar-refractivity contribution in [3.05, 3.63) is 20.8 Å². The van der Waals surface area contributed by atoms with Gasteiger partial charge in [0.15, 0.2) is 0 Å². The molecule has 0 fully saturated rings. The Kier molecular flexibility index (Phi) is 5.82. The molecule has 0 amide bonds. The molecule has 0 aliphatic carbocycles. The number of rotatable bonds is 7. The highest BCUT2D eigenvalue weighted by Crippen LogP contribution is 2.11. The van der Waals surface area contributed by atoms with Gasteiger partial charge in [-0.05, 0) is 13.3 Å². The Bertz CT molecular complexity index is 562. The van der Waals surface area contributed by atoms with Crippen molar-refractivity contribution in [1.29, 1.82) is 0 Å². The quantitative estimate of drug-likeness (QED) is 0.755. The maximum absolute atomic E-state index is 12.1. The molecule has 0 spiro atoms. The van der Waals surface area contributed by atoms with Crippen LogP contribution in [0.4, 0.5) is 11.5 Å². The predicted molar refractivity (Wildman–Crippen MR) is 80.2 cm³/mol. The minimum atomic E-state index is -0.413. The summed E-state index contributed by atoms with van der Waals surface area (Å²) in [6.45, 7) is 4.86. The first-order valence-corrected chi connectivity index (χ1v) is 6.80. The molecule has 7 heteroatoms. The molecule has 0 radical (unpaired) electrons. The van der Waals surface area contributed by atoms with Crippen LogP contribution in [0.25, 0.3) is 0 Å². The molecule has 0 aromatic carbocycles. The molecule has 3 N–H and O–H groups in total. The van der Waals surface area contributed by atoms with Gasteiger partial charge in [-0.3, -0.25) is 13.9 Å². The van der Waals surface area contributed by atoms with Crippen LogP contribution in [0.5, 0.6) is 0 Å². The van der Waals surface area contributed by atoms with E-state index in [0.29, 0.717) is 13.1 Å². The Labute approximate surface area is 118 Å². The Hall–Kier alpha value is -1.76. The van der Waals surface area contributed by atoms with Crippen LogP contribution in [0.15, 0.2) is 9.59 Å². The van der Waals surface area contributed by atoms with E-state index in [4.69, 9.17) is 10.5 Å². The van der Waals surface area contributed by atoms with E-state index in [-0.39, 0.29) is 23.3 Å². The Morgan fingerprint density at radius 1 is 1.40 bits per heavy atom. The fourth-order valence-electron chi connectivity index (χ4n) is 1.81. The van der Waals surface area contributed by atoms with Crippen LogP contribution < -0.4 is 22.3 Å². The number of nitrogens with zero attached hydrogens (tertiary/aromatic N) is 2. The van der Waals surface area contributed by atoms with Gasteiger partial charge >= 0.3 is 5.69 Å². The molecule has 0 aliphatic rings. The van der Waals surface area contributed by atoms with E-state index in [1.165, 1.54) is 11.6 Å². The first-order valence-electron chi connectivity index (χ1n) is 6.80. The predicted octanol–water partition coefficient (Wildman–Crippen LogP) is 0.376. The van der Waals surface area contributed by atoms with Gasteiger partial charge in [0.1, 0.15) is 11.5 Å². The third-order valence-electron chi connectivity index (χ3n) is 3.29. The maximum Gasteiger partial charge on any atom is 0.332 e. The van der Waals surface area contributed by atoms with E-state index in [2.05, 4.69) is 5.32 Å². The van der Waals surface area contributed by atoms with Gasteiger partial charge in [0.05, 0.1) is 6.10 Å². The third kappa shape index (κ3) is 3.41. The van der Waals surface area contributed by atoms with E-state index >= 15 is 0 Å². The number of hydrogen-bond donors (Lipinski definition) is 2. The molecule has 0 bridgehead atoms. The summed E-state index contributed by atoms with van der Waals surface area (Å²) in [6.07, 6.45) is 1.71. The Morgan fingerprint density at radius 3 is 2.60 bits per heavy atom. The molecule has 0 aliphatic heterocycles. The van der Waals surface area contributed by atoms with Crippen molar-refractivity contribution >= 4 is 11.5 Å². The van der Waals surface area contributed by atoms with E-state index in [0.717, 1.165) is 17.4 Å². The highest BCUT2D eigenvalue weighted by molar-refractivity contribution is 5.60. The van der Waals surface area contributed by atoms with E-state index in [9.17, 15) is 9.59 Å². The SMILES string of the molecule is CCCCn1c(N)c(NCC(C)OC)c(=O)n(C)c1=O. The number of nitrogens with two attached hydrogens (primary N) is 1. The van der Waals surface area contributed by atoms with E-state index < -0.39 is 5.56 Å². The van der Waals surface area contributed by atoms with Gasteiger partial charge in [-0.25, -0.2) is 4.79 Å². The zero-order chi connectivity index (χ0) is 15.3. The lowest BCUT2D eigenvalue weighted by molar-refractivity contribution is 0.129. The number of anilines is 2. The largest absolute Gasteiger partial charge is 0.383 e. The summed E-state index contributed by atoms with van der Waals surface area (Å²) >= 11 is 0. The molecule has 1 aromatic rings. The molecule has 0 saturated heterocycles. The summed E-state index contributed by atoms with van der Waals surface area (Å²) in [5.41, 5.74) is 5.43. The fourth-order valence-corrected chi connectivity index (χ4v) is 1.81. The fraction of sp³-hybridized carbons (Fsp3) is 0.692. The molecule has 1 atom stereocenters. The van der Waals surface area contributed by atoms with Crippen molar-refractivity contribution < 1.29 is 4.74 Å². The second-order valence-electron chi connectivity index (χ2n) is 4.84. The number of nitrogen functional groups attached to an aromatic ring is 1. The standard InChI is InChI=1S/C13H24N4O3/c1-5-6-7-17-11(14)10(15-8-9(2)20-4)12(18)16(3)13(17)19/h9,15H,5-8,14H2,1-4H3. The molecule has 1 aromatic heterocycles. The summed E-state index contributed by atoms with van der Waals surface area (Å²) in [6, 6.07) is 0. The number of nitrogens with one attached hydrogen (secondary N) is 1. The van der Waals surface area contributed by atoms with Crippen molar-refractivity contribution in [3.63, 3.8) is 0 Å². The van der Waals surface area contributed by atoms with Crippen LogP contribution in [0.2, 0.25) is 0 Å². The van der Waals surface area contributed by atoms with Gasteiger partial charge in [0.2, 0.25) is 0 Å². The van der Waals surface area contributed by atoms with Crippen molar-refractivity contribution in [2.75, 3.05) is 24.7 Å². The number of methoxy groups -OCH3 is 1. The monoisotopic (exact) mass is 284 g/mol. The number of ether oxygens (including phenoxy) is 1. The van der Waals surface area contributed by atoms with Gasteiger partial charge in [-0.2, -0.15) is 0 Å². The lowest BCUT2D eigenvalue weighted by Gasteiger charge is -2.17. The van der Waals surface area contributed by atoms with Gasteiger partial charge in [-0.15, -0.1) is 0 Å². The number of unbranched alkanes of at least 4 members (excludes halogenated alkanes) is 1. The van der Waals surface area contributed by atoms with E-state index in [1.807, 2.05) is 13.8 Å². The van der Waals surface area contributed by atoms with Crippen LogP contribution >= 0.6 is 0 Å². The molecule has 20 heavy (non-hydrogen) atoms. The Morgan fingerprint density at radius 2 is 2.05 bits per heavy atom. The molecular formula is C13H24N4O3. The molecule has 7 nitrogen and oxygen atoms in total. The van der Waals surface area contributed by atoms with Crippen LogP contribution in [-0.2, 0) is 18.3 Å². The smallest absolute Gasteiger partial charge is 0.332 e. The van der Waals surface area contributed by atoms with Crippen LogP contribution in [-0.4, -0.2) is 28.9 Å². The summed E-state index contributed by atoms with van der Waals surface area (Å²) in [5, 5.41) is 2.97. The molecule has 1 heterocycles. The van der Waals surface area contributed by atoms with Crippen molar-refractivity contribution in [1.82, 2.24) is 9.13 Å². The van der Waals surface area contributed by atoms with Gasteiger partial charge < -0.3 is 15.8 Å². The lowest BCUT2D eigenvalue weighted by atomic mass is 10.3. The van der Waals surface area contributed by atoms with Crippen molar-refractivity contribution in [2.24, 2.45) is 7.05 Å². The van der Waals surface area contributed by atoms with Crippen LogP contribution in [0.3, 0.4) is 0 Å². The summed E-state index contributed by atoms with van der Waals surface area (Å²) in [5.74, 6) is 0.190. The summed E-state index contributed by atoms with van der Waals surface area (Å²) < 4.78 is 7.63. The summed E-state index contributed by atoms with van der Waals surface area (Å²) in [4.78, 5) is 24.2. The van der Waals surface area contributed by atoms with Crippen LogP contribution in [0.1, 0.15) is 26.7 Å². The van der Waals surface area contributed by atoms with Crippen LogP contribution in [0, 0.1) is 0 Å². The minimum absolute atomic E-state index is 0.0601. The van der Waals surface area contributed by atoms with Crippen molar-refractivity contribution in [2.45, 2.75) is 39.3 Å². The average Bonchev–Trinajstić information content (AvgIpc) is 2.44. The molecule has 0 saturated carbocycles. The van der Waals surface area contributed by atoms with Gasteiger partial charge in [-0.1, -0.05) is 13.3 Å². The summed E-state index contributed by atoms with van der Waals surface area (Å²) in [7, 11) is 3.05. The normalized spacial score (nSPS) is 12.4. The number of aromatic nitrogens is 2. The van der Waals surface area contributed by atoms with Crippen molar-refractivity contribution in [3.8, 4) is 0 Å². The van der Waals surface area contributed by atoms with Gasteiger partial charge in [0, 0.05) is 27.2 Å². The first kappa shape index (κ1) is 16.3. The molecule has 1 rings (SSSR count). The zero-order valence-corrected chi connectivity index (χ0v) is 12.6. The third-order valence-corrected chi connectivity index (χ3v) is 3.29. The highest BCUT2D eigenvalue weighted by atomic mass is 16.5. The van der Waals surface area contributed by atoms with Gasteiger partial charge in [0.25, 0.3) is 5.56 Å². The molecule has 114 valence electrons. The second kappa shape index (κ2) is 7.14.